The summed E-state index contributed by atoms with van der Waals surface area (Å²) in [4.78, 5) is 0.934. The van der Waals surface area contributed by atoms with Crippen LogP contribution >= 0.6 is 27.3 Å². The molecule has 1 aromatic heterocycles. The Bertz CT molecular complexity index is 493. The second-order valence-corrected chi connectivity index (χ2v) is 5.85. The maximum atomic E-state index is 10.2. The van der Waals surface area contributed by atoms with Crippen LogP contribution in [0.3, 0.4) is 0 Å². The zero-order valence-electron chi connectivity index (χ0n) is 10.1. The standard InChI is InChI=1S/C14H15BrO2S/c1-2-7-17-12-5-3-10(4-6-12)14(16)13-8-11(15)9-18-13/h3-6,8-9,14,16H,2,7H2,1H3. The zero-order chi connectivity index (χ0) is 13.0. The van der Waals surface area contributed by atoms with E-state index >= 15 is 0 Å². The molecule has 2 rings (SSSR count). The van der Waals surface area contributed by atoms with Gasteiger partial charge in [0.25, 0.3) is 0 Å². The van der Waals surface area contributed by atoms with E-state index in [0.29, 0.717) is 0 Å². The molecular weight excluding hydrogens is 312 g/mol. The van der Waals surface area contributed by atoms with Gasteiger partial charge in [0.15, 0.2) is 0 Å². The molecule has 0 radical (unpaired) electrons. The van der Waals surface area contributed by atoms with Crippen LogP contribution in [0.15, 0.2) is 40.2 Å². The number of thiophene rings is 1. The number of ether oxygens (including phenoxy) is 1. The molecule has 18 heavy (non-hydrogen) atoms. The number of hydrogen-bond donors (Lipinski definition) is 1. The van der Waals surface area contributed by atoms with Gasteiger partial charge in [0.1, 0.15) is 11.9 Å². The van der Waals surface area contributed by atoms with E-state index in [-0.39, 0.29) is 0 Å². The van der Waals surface area contributed by atoms with Gasteiger partial charge in [-0.25, -0.2) is 0 Å². The van der Waals surface area contributed by atoms with Crippen LogP contribution in [0.25, 0.3) is 0 Å². The highest BCUT2D eigenvalue weighted by molar-refractivity contribution is 9.10. The fraction of sp³-hybridized carbons (Fsp3) is 0.286. The Balaban J connectivity index is 2.09. The van der Waals surface area contributed by atoms with E-state index in [4.69, 9.17) is 4.74 Å². The van der Waals surface area contributed by atoms with Crippen LogP contribution in [-0.2, 0) is 0 Å². The third-order valence-corrected chi connectivity index (χ3v) is 4.27. The maximum Gasteiger partial charge on any atom is 0.119 e. The van der Waals surface area contributed by atoms with Crippen molar-refractivity contribution in [2.45, 2.75) is 19.4 Å². The van der Waals surface area contributed by atoms with E-state index in [1.807, 2.05) is 35.7 Å². The van der Waals surface area contributed by atoms with Gasteiger partial charge in [0.2, 0.25) is 0 Å². The van der Waals surface area contributed by atoms with Crippen LogP contribution in [0.2, 0.25) is 0 Å². The SMILES string of the molecule is CCCOc1ccc(C(O)c2cc(Br)cs2)cc1. The van der Waals surface area contributed by atoms with E-state index in [1.165, 1.54) is 0 Å². The van der Waals surface area contributed by atoms with Crippen LogP contribution in [0, 0.1) is 0 Å². The van der Waals surface area contributed by atoms with Crippen molar-refractivity contribution >= 4 is 27.3 Å². The summed E-state index contributed by atoms with van der Waals surface area (Å²) < 4.78 is 6.52. The minimum absolute atomic E-state index is 0.568. The monoisotopic (exact) mass is 326 g/mol. The molecule has 1 N–H and O–H groups in total. The molecule has 0 saturated carbocycles. The van der Waals surface area contributed by atoms with Crippen molar-refractivity contribution in [3.63, 3.8) is 0 Å². The fourth-order valence-corrected chi connectivity index (χ4v) is 3.06. The lowest BCUT2D eigenvalue weighted by Crippen LogP contribution is -1.98. The quantitative estimate of drug-likeness (QED) is 0.883. The summed E-state index contributed by atoms with van der Waals surface area (Å²) in [6.45, 7) is 2.80. The van der Waals surface area contributed by atoms with Gasteiger partial charge in [0, 0.05) is 14.7 Å². The van der Waals surface area contributed by atoms with Crippen LogP contribution in [0.1, 0.15) is 29.9 Å². The highest BCUT2D eigenvalue weighted by atomic mass is 79.9. The van der Waals surface area contributed by atoms with Crippen molar-refractivity contribution in [1.82, 2.24) is 0 Å². The topological polar surface area (TPSA) is 29.5 Å². The summed E-state index contributed by atoms with van der Waals surface area (Å²) >= 11 is 4.93. The van der Waals surface area contributed by atoms with Gasteiger partial charge in [-0.15, -0.1) is 11.3 Å². The number of benzene rings is 1. The summed E-state index contributed by atoms with van der Waals surface area (Å²) in [5, 5.41) is 12.2. The van der Waals surface area contributed by atoms with Crippen molar-refractivity contribution in [3.8, 4) is 5.75 Å². The van der Waals surface area contributed by atoms with Gasteiger partial charge >= 0.3 is 0 Å². The Morgan fingerprint density at radius 2 is 2.06 bits per heavy atom. The van der Waals surface area contributed by atoms with Crippen molar-refractivity contribution in [2.75, 3.05) is 6.61 Å². The minimum Gasteiger partial charge on any atom is -0.494 e. The van der Waals surface area contributed by atoms with Gasteiger partial charge in [-0.2, -0.15) is 0 Å². The van der Waals surface area contributed by atoms with E-state index < -0.39 is 6.10 Å². The van der Waals surface area contributed by atoms with Crippen LogP contribution < -0.4 is 4.74 Å². The van der Waals surface area contributed by atoms with E-state index in [0.717, 1.165) is 33.7 Å². The third-order valence-electron chi connectivity index (χ3n) is 2.53. The van der Waals surface area contributed by atoms with Gasteiger partial charge in [-0.1, -0.05) is 19.1 Å². The third kappa shape index (κ3) is 3.34. The second-order valence-electron chi connectivity index (χ2n) is 3.99. The average Bonchev–Trinajstić information content (AvgIpc) is 2.83. The van der Waals surface area contributed by atoms with Crippen LogP contribution in [0.4, 0.5) is 0 Å². The molecule has 1 unspecified atom stereocenters. The lowest BCUT2D eigenvalue weighted by Gasteiger charge is -2.10. The Kier molecular flexibility index (Phi) is 4.80. The molecule has 0 aliphatic carbocycles. The highest BCUT2D eigenvalue weighted by Crippen LogP contribution is 2.30. The Labute approximate surface area is 119 Å². The molecule has 0 aliphatic heterocycles. The maximum absolute atomic E-state index is 10.2. The number of halogens is 1. The summed E-state index contributed by atoms with van der Waals surface area (Å²) in [5.41, 5.74) is 0.883. The molecule has 1 atom stereocenters. The Morgan fingerprint density at radius 3 is 2.61 bits per heavy atom. The average molecular weight is 327 g/mol. The number of hydrogen-bond acceptors (Lipinski definition) is 3. The molecule has 4 heteroatoms. The molecule has 1 heterocycles. The van der Waals surface area contributed by atoms with Crippen LogP contribution in [-0.4, -0.2) is 11.7 Å². The molecule has 2 aromatic rings. The summed E-state index contributed by atoms with van der Waals surface area (Å²) in [7, 11) is 0. The molecule has 0 aliphatic rings. The van der Waals surface area contributed by atoms with Gasteiger partial charge in [0.05, 0.1) is 6.61 Å². The van der Waals surface area contributed by atoms with Gasteiger partial charge in [-0.3, -0.25) is 0 Å². The van der Waals surface area contributed by atoms with Crippen LogP contribution in [0.5, 0.6) is 5.75 Å². The smallest absolute Gasteiger partial charge is 0.119 e. The lowest BCUT2D eigenvalue weighted by atomic mass is 10.1. The molecule has 0 fully saturated rings. The van der Waals surface area contributed by atoms with Gasteiger partial charge in [-0.05, 0) is 46.1 Å². The first-order chi connectivity index (χ1) is 8.70. The predicted octanol–water partition coefficient (Wildman–Crippen LogP) is 4.38. The summed E-state index contributed by atoms with van der Waals surface area (Å²) in [6, 6.07) is 9.55. The largest absolute Gasteiger partial charge is 0.494 e. The number of aliphatic hydroxyl groups excluding tert-OH is 1. The molecule has 1 aromatic carbocycles. The first-order valence-corrected chi connectivity index (χ1v) is 7.52. The predicted molar refractivity (Wildman–Crippen MR) is 78.3 cm³/mol. The highest BCUT2D eigenvalue weighted by Gasteiger charge is 2.12. The molecule has 96 valence electrons. The molecule has 0 saturated heterocycles. The normalized spacial score (nSPS) is 12.4. The van der Waals surface area contributed by atoms with E-state index in [2.05, 4.69) is 22.9 Å². The van der Waals surface area contributed by atoms with Crippen molar-refractivity contribution in [1.29, 1.82) is 0 Å². The lowest BCUT2D eigenvalue weighted by molar-refractivity contribution is 0.224. The number of aliphatic hydroxyl groups is 1. The molecule has 0 amide bonds. The first-order valence-electron chi connectivity index (χ1n) is 5.85. The summed E-state index contributed by atoms with van der Waals surface area (Å²) in [5.74, 6) is 0.847. The second kappa shape index (κ2) is 6.36. The Morgan fingerprint density at radius 1 is 1.33 bits per heavy atom. The summed E-state index contributed by atoms with van der Waals surface area (Å²) in [6.07, 6.45) is 0.426. The molecule has 0 bridgehead atoms. The fourth-order valence-electron chi connectivity index (χ4n) is 1.60. The molecular formula is C14H15BrO2S. The molecule has 2 nitrogen and oxygen atoms in total. The van der Waals surface area contributed by atoms with E-state index in [1.54, 1.807) is 11.3 Å². The van der Waals surface area contributed by atoms with Crippen molar-refractivity contribution in [3.05, 3.63) is 50.6 Å². The number of rotatable bonds is 5. The van der Waals surface area contributed by atoms with Gasteiger partial charge < -0.3 is 9.84 Å². The first kappa shape index (κ1) is 13.6. The van der Waals surface area contributed by atoms with Crippen molar-refractivity contribution in [2.24, 2.45) is 0 Å². The Hall–Kier alpha value is -0.840. The zero-order valence-corrected chi connectivity index (χ0v) is 12.5. The van der Waals surface area contributed by atoms with Crippen molar-refractivity contribution < 1.29 is 9.84 Å². The molecule has 0 spiro atoms. The minimum atomic E-state index is -0.568. The van der Waals surface area contributed by atoms with E-state index in [9.17, 15) is 5.11 Å².